The van der Waals surface area contributed by atoms with Crippen LogP contribution in [0.2, 0.25) is 0 Å². The second-order valence-electron chi connectivity index (χ2n) is 4.79. The average molecular weight is 321 g/mol. The molecule has 0 spiro atoms. The van der Waals surface area contributed by atoms with E-state index in [2.05, 4.69) is 10.6 Å². The number of rotatable bonds is 5. The van der Waals surface area contributed by atoms with Gasteiger partial charge >= 0.3 is 0 Å². The summed E-state index contributed by atoms with van der Waals surface area (Å²) in [7, 11) is 0. The number of carbonyl (C=O) groups excluding carboxylic acids is 1. The summed E-state index contributed by atoms with van der Waals surface area (Å²) in [6.45, 7) is 1.51. The Hall–Kier alpha value is -3.03. The highest BCUT2D eigenvalue weighted by Gasteiger charge is 2.16. The Balaban J connectivity index is 2.05. The third-order valence-corrected chi connectivity index (χ3v) is 3.02. The highest BCUT2D eigenvalue weighted by atomic mass is 19.1. The Kier molecular flexibility index (Phi) is 4.85. The zero-order valence-corrected chi connectivity index (χ0v) is 12.0. The molecule has 0 saturated heterocycles. The summed E-state index contributed by atoms with van der Waals surface area (Å²) in [5.41, 5.74) is 0.109. The van der Waals surface area contributed by atoms with Crippen molar-refractivity contribution in [3.63, 3.8) is 0 Å². The van der Waals surface area contributed by atoms with Crippen LogP contribution in [0.4, 0.5) is 25.8 Å². The SMILES string of the molecule is C[C@@H](Nc1cccc([N+](=O)[O-])c1)C(=O)Nc1ccc(F)cc1F. The minimum absolute atomic E-state index is 0.118. The fraction of sp³-hybridized carbons (Fsp3) is 0.133. The standard InChI is InChI=1S/C15H13F2N3O3/c1-9(18-11-3-2-4-12(8-11)20(22)23)15(21)19-14-6-5-10(16)7-13(14)17/h2-9,18H,1H3,(H,19,21)/t9-/m1/s1. The van der Waals surface area contributed by atoms with E-state index in [0.29, 0.717) is 11.8 Å². The van der Waals surface area contributed by atoms with Crippen molar-refractivity contribution in [3.8, 4) is 0 Å². The molecule has 0 heterocycles. The summed E-state index contributed by atoms with van der Waals surface area (Å²) < 4.78 is 26.3. The van der Waals surface area contributed by atoms with Gasteiger partial charge < -0.3 is 10.6 Å². The number of amides is 1. The lowest BCUT2D eigenvalue weighted by Crippen LogP contribution is -2.32. The van der Waals surface area contributed by atoms with Crippen molar-refractivity contribution < 1.29 is 18.5 Å². The second-order valence-corrected chi connectivity index (χ2v) is 4.79. The van der Waals surface area contributed by atoms with Crippen LogP contribution in [0.1, 0.15) is 6.92 Å². The zero-order valence-electron chi connectivity index (χ0n) is 12.0. The van der Waals surface area contributed by atoms with Crippen LogP contribution in [0.25, 0.3) is 0 Å². The number of benzene rings is 2. The van der Waals surface area contributed by atoms with E-state index < -0.39 is 28.5 Å². The molecule has 23 heavy (non-hydrogen) atoms. The summed E-state index contributed by atoms with van der Waals surface area (Å²) >= 11 is 0. The number of anilines is 2. The number of hydrogen-bond donors (Lipinski definition) is 2. The molecule has 8 heteroatoms. The molecule has 0 aliphatic rings. The van der Waals surface area contributed by atoms with Gasteiger partial charge in [-0.25, -0.2) is 8.78 Å². The maximum atomic E-state index is 13.5. The van der Waals surface area contributed by atoms with Gasteiger partial charge in [-0.2, -0.15) is 0 Å². The molecule has 0 fully saturated rings. The van der Waals surface area contributed by atoms with Crippen LogP contribution < -0.4 is 10.6 Å². The first-order valence-electron chi connectivity index (χ1n) is 6.63. The highest BCUT2D eigenvalue weighted by molar-refractivity contribution is 5.96. The van der Waals surface area contributed by atoms with Gasteiger partial charge in [-0.3, -0.25) is 14.9 Å². The van der Waals surface area contributed by atoms with E-state index in [0.717, 1.165) is 12.1 Å². The van der Waals surface area contributed by atoms with Gasteiger partial charge in [-0.1, -0.05) is 6.07 Å². The fourth-order valence-electron chi connectivity index (χ4n) is 1.86. The molecule has 2 aromatic carbocycles. The molecule has 1 atom stereocenters. The molecule has 2 aromatic rings. The third kappa shape index (κ3) is 4.22. The van der Waals surface area contributed by atoms with Crippen molar-refractivity contribution in [2.75, 3.05) is 10.6 Å². The zero-order chi connectivity index (χ0) is 17.0. The van der Waals surface area contributed by atoms with Crippen LogP contribution >= 0.6 is 0 Å². The van der Waals surface area contributed by atoms with Crippen molar-refractivity contribution in [2.45, 2.75) is 13.0 Å². The van der Waals surface area contributed by atoms with E-state index in [9.17, 15) is 23.7 Å². The summed E-state index contributed by atoms with van der Waals surface area (Å²) in [4.78, 5) is 22.2. The maximum absolute atomic E-state index is 13.5. The predicted molar refractivity (Wildman–Crippen MR) is 81.2 cm³/mol. The lowest BCUT2D eigenvalue weighted by atomic mass is 10.2. The minimum atomic E-state index is -0.888. The number of halogens is 2. The highest BCUT2D eigenvalue weighted by Crippen LogP contribution is 2.19. The van der Waals surface area contributed by atoms with Gasteiger partial charge in [0.05, 0.1) is 10.6 Å². The van der Waals surface area contributed by atoms with Gasteiger partial charge in [0.2, 0.25) is 5.91 Å². The average Bonchev–Trinajstić information content (AvgIpc) is 2.50. The Morgan fingerprint density at radius 2 is 1.96 bits per heavy atom. The number of nitro benzene ring substituents is 1. The first-order chi connectivity index (χ1) is 10.9. The first kappa shape index (κ1) is 16.3. The molecular formula is C15H13F2N3O3. The number of nitrogens with one attached hydrogen (secondary N) is 2. The monoisotopic (exact) mass is 321 g/mol. The lowest BCUT2D eigenvalue weighted by Gasteiger charge is -2.15. The topological polar surface area (TPSA) is 84.3 Å². The Labute approximate surface area is 130 Å². The van der Waals surface area contributed by atoms with E-state index in [1.54, 1.807) is 6.07 Å². The van der Waals surface area contributed by atoms with Crippen LogP contribution in [0.5, 0.6) is 0 Å². The first-order valence-corrected chi connectivity index (χ1v) is 6.63. The van der Waals surface area contributed by atoms with E-state index in [1.165, 1.54) is 25.1 Å². The van der Waals surface area contributed by atoms with Gasteiger partial charge in [-0.05, 0) is 25.1 Å². The number of non-ortho nitro benzene ring substituents is 1. The predicted octanol–water partition coefficient (Wildman–Crippen LogP) is 3.31. The van der Waals surface area contributed by atoms with Crippen LogP contribution in [-0.4, -0.2) is 16.9 Å². The summed E-state index contributed by atoms with van der Waals surface area (Å²) in [6.07, 6.45) is 0. The molecule has 0 bridgehead atoms. The molecule has 120 valence electrons. The smallest absolute Gasteiger partial charge is 0.271 e. The molecule has 0 saturated carbocycles. The second kappa shape index (κ2) is 6.82. The quantitative estimate of drug-likeness (QED) is 0.653. The molecule has 0 aliphatic carbocycles. The number of hydrogen-bond acceptors (Lipinski definition) is 4. The van der Waals surface area contributed by atoms with Crippen LogP contribution in [0.3, 0.4) is 0 Å². The molecule has 6 nitrogen and oxygen atoms in total. The van der Waals surface area contributed by atoms with Crippen LogP contribution in [0.15, 0.2) is 42.5 Å². The Morgan fingerprint density at radius 3 is 2.61 bits per heavy atom. The molecule has 0 unspecified atom stereocenters. The Bertz CT molecular complexity index is 752. The van der Waals surface area contributed by atoms with E-state index in [-0.39, 0.29) is 11.4 Å². The van der Waals surface area contributed by atoms with E-state index in [1.807, 2.05) is 0 Å². The summed E-state index contributed by atoms with van der Waals surface area (Å²) in [6, 6.07) is 7.65. The third-order valence-electron chi connectivity index (χ3n) is 3.02. The fourth-order valence-corrected chi connectivity index (χ4v) is 1.86. The molecule has 2 N–H and O–H groups in total. The minimum Gasteiger partial charge on any atom is -0.374 e. The van der Waals surface area contributed by atoms with Gasteiger partial charge in [0.1, 0.15) is 17.7 Å². The molecule has 1 amide bonds. The van der Waals surface area contributed by atoms with Crippen LogP contribution in [0, 0.1) is 21.7 Å². The summed E-state index contributed by atoms with van der Waals surface area (Å²) in [5.74, 6) is -2.20. The van der Waals surface area contributed by atoms with Gasteiger partial charge in [-0.15, -0.1) is 0 Å². The van der Waals surface area contributed by atoms with Crippen molar-refractivity contribution in [1.29, 1.82) is 0 Å². The molecule has 0 aliphatic heterocycles. The van der Waals surface area contributed by atoms with Crippen molar-refractivity contribution in [3.05, 3.63) is 64.2 Å². The number of nitro groups is 1. The van der Waals surface area contributed by atoms with Crippen molar-refractivity contribution >= 4 is 23.0 Å². The molecule has 2 rings (SSSR count). The number of nitrogens with zero attached hydrogens (tertiary/aromatic N) is 1. The van der Waals surface area contributed by atoms with Gasteiger partial charge in [0, 0.05) is 23.9 Å². The van der Waals surface area contributed by atoms with Gasteiger partial charge in [0.15, 0.2) is 0 Å². The molecule has 0 radical (unpaired) electrons. The van der Waals surface area contributed by atoms with Crippen LogP contribution in [-0.2, 0) is 4.79 Å². The lowest BCUT2D eigenvalue weighted by molar-refractivity contribution is -0.384. The maximum Gasteiger partial charge on any atom is 0.271 e. The summed E-state index contributed by atoms with van der Waals surface area (Å²) in [5, 5.41) is 15.8. The van der Waals surface area contributed by atoms with E-state index in [4.69, 9.17) is 0 Å². The number of carbonyl (C=O) groups is 1. The molecular weight excluding hydrogens is 308 g/mol. The van der Waals surface area contributed by atoms with Crippen molar-refractivity contribution in [2.24, 2.45) is 0 Å². The largest absolute Gasteiger partial charge is 0.374 e. The van der Waals surface area contributed by atoms with Crippen molar-refractivity contribution in [1.82, 2.24) is 0 Å². The normalized spacial score (nSPS) is 11.6. The van der Waals surface area contributed by atoms with E-state index >= 15 is 0 Å². The Morgan fingerprint density at radius 1 is 1.22 bits per heavy atom. The molecule has 0 aromatic heterocycles. The van der Waals surface area contributed by atoms with Gasteiger partial charge in [0.25, 0.3) is 5.69 Å².